The van der Waals surface area contributed by atoms with Gasteiger partial charge in [-0.25, -0.2) is 14.4 Å². The van der Waals surface area contributed by atoms with Crippen molar-refractivity contribution < 1.29 is 15.3 Å². The van der Waals surface area contributed by atoms with E-state index in [9.17, 15) is 9.59 Å². The van der Waals surface area contributed by atoms with Crippen LogP contribution < -0.4 is 20.1 Å². The molecule has 2 aromatic heterocycles. The van der Waals surface area contributed by atoms with E-state index in [1.165, 1.54) is 29.0 Å². The standard InChI is InChI=1S/C29H29FN6O3/c1-5-26(37)35-12-11-34(23-8-6-7-19(2)27(23)35)24-15-20-17-31-18-32-28(20)36(29(24)38)21-9-10-25(22(30)16-21)39-14-13-33(3)4/h5-10,15-18H,1,11-14H2,2-4H3/i18D. The molecule has 39 heavy (non-hydrogen) atoms. The van der Waals surface area contributed by atoms with Gasteiger partial charge in [0, 0.05) is 37.3 Å². The predicted octanol–water partition coefficient (Wildman–Crippen LogP) is 3.84. The second-order valence-electron chi connectivity index (χ2n) is 9.47. The first-order valence-electron chi connectivity index (χ1n) is 13.0. The van der Waals surface area contributed by atoms with Gasteiger partial charge < -0.3 is 19.4 Å². The van der Waals surface area contributed by atoms with Crippen LogP contribution in [0.4, 0.5) is 21.5 Å². The normalized spacial score (nSPS) is 13.4. The van der Waals surface area contributed by atoms with Crippen molar-refractivity contribution in [2.24, 2.45) is 0 Å². The summed E-state index contributed by atoms with van der Waals surface area (Å²) in [6.45, 7) is 7.11. The Morgan fingerprint density at radius 3 is 2.79 bits per heavy atom. The fraction of sp³-hybridized carbons (Fsp3) is 0.241. The van der Waals surface area contributed by atoms with Crippen molar-refractivity contribution in [3.63, 3.8) is 0 Å². The fourth-order valence-corrected chi connectivity index (χ4v) is 4.74. The van der Waals surface area contributed by atoms with Gasteiger partial charge in [0.2, 0.25) is 0 Å². The molecule has 0 atom stereocenters. The summed E-state index contributed by atoms with van der Waals surface area (Å²) in [4.78, 5) is 40.4. The summed E-state index contributed by atoms with van der Waals surface area (Å²) in [5.74, 6) is -0.785. The Hall–Kier alpha value is -4.57. The van der Waals surface area contributed by atoms with Gasteiger partial charge in [-0.1, -0.05) is 18.7 Å². The van der Waals surface area contributed by atoms with Crippen molar-refractivity contribution in [2.45, 2.75) is 6.92 Å². The number of carbonyl (C=O) groups is 1. The average Bonchev–Trinajstić information content (AvgIpc) is 2.93. The highest BCUT2D eigenvalue weighted by Gasteiger charge is 2.30. The van der Waals surface area contributed by atoms with E-state index in [4.69, 9.17) is 6.11 Å². The van der Waals surface area contributed by atoms with Crippen LogP contribution in [-0.4, -0.2) is 65.7 Å². The quantitative estimate of drug-likeness (QED) is 0.337. The number of halogens is 1. The molecule has 10 heteroatoms. The zero-order valence-electron chi connectivity index (χ0n) is 23.0. The molecule has 0 saturated carbocycles. The van der Waals surface area contributed by atoms with Crippen LogP contribution in [0.15, 0.2) is 72.4 Å². The van der Waals surface area contributed by atoms with E-state index in [1.807, 2.05) is 49.0 Å². The van der Waals surface area contributed by atoms with Crippen LogP contribution in [0.2, 0.25) is 0 Å². The van der Waals surface area contributed by atoms with Crippen molar-refractivity contribution in [2.75, 3.05) is 50.1 Å². The third-order valence-corrected chi connectivity index (χ3v) is 6.63. The molecule has 0 bridgehead atoms. The molecule has 2 aromatic carbocycles. The smallest absolute Gasteiger partial charge is 0.280 e. The first-order chi connectivity index (χ1) is 19.2. The Morgan fingerprint density at radius 1 is 1.23 bits per heavy atom. The minimum Gasteiger partial charge on any atom is -0.489 e. The maximum Gasteiger partial charge on any atom is 0.280 e. The maximum absolute atomic E-state index is 15.1. The molecular weight excluding hydrogens is 499 g/mol. The summed E-state index contributed by atoms with van der Waals surface area (Å²) in [7, 11) is 3.79. The molecular formula is C29H29FN6O3. The topological polar surface area (TPSA) is 83.8 Å². The Balaban J connectivity index is 1.67. The van der Waals surface area contributed by atoms with Crippen LogP contribution in [0.1, 0.15) is 6.93 Å². The second-order valence-corrected chi connectivity index (χ2v) is 9.47. The first kappa shape index (κ1) is 24.7. The molecule has 0 fully saturated rings. The van der Waals surface area contributed by atoms with Gasteiger partial charge in [0.05, 0.1) is 17.1 Å². The van der Waals surface area contributed by atoms with E-state index in [-0.39, 0.29) is 29.3 Å². The number of hydrogen-bond donors (Lipinski definition) is 0. The number of anilines is 3. The molecule has 1 aliphatic rings. The Kier molecular flexibility index (Phi) is 6.76. The van der Waals surface area contributed by atoms with Crippen molar-refractivity contribution in [1.82, 2.24) is 19.4 Å². The Labute approximate surface area is 226 Å². The zero-order valence-corrected chi connectivity index (χ0v) is 22.0. The SMILES string of the molecule is [2H]c1ncc2cc(N3CCN(C(=O)C=C)c4c(C)cccc43)c(=O)n(-c3ccc(OCCN(C)C)c(F)c3)c2n1. The van der Waals surface area contributed by atoms with Crippen molar-refractivity contribution in [3.05, 3.63) is 89.4 Å². The van der Waals surface area contributed by atoms with Crippen molar-refractivity contribution in [3.8, 4) is 11.4 Å². The molecule has 0 N–H and O–H groups in total. The number of nitrogens with zero attached hydrogens (tertiary/aromatic N) is 6. The molecule has 0 spiro atoms. The molecule has 9 nitrogen and oxygen atoms in total. The molecule has 0 saturated heterocycles. The third-order valence-electron chi connectivity index (χ3n) is 6.63. The lowest BCUT2D eigenvalue weighted by molar-refractivity contribution is -0.114. The Morgan fingerprint density at radius 2 is 2.05 bits per heavy atom. The van der Waals surface area contributed by atoms with E-state index >= 15 is 4.39 Å². The number of aromatic nitrogens is 3. The van der Waals surface area contributed by atoms with Gasteiger partial charge in [0.1, 0.15) is 20.0 Å². The molecule has 200 valence electrons. The number of para-hydroxylation sites is 1. The lowest BCUT2D eigenvalue weighted by atomic mass is 10.1. The summed E-state index contributed by atoms with van der Waals surface area (Å²) in [6.07, 6.45) is 2.47. The van der Waals surface area contributed by atoms with Crippen LogP contribution in [0.5, 0.6) is 5.75 Å². The number of pyridine rings is 1. The molecule has 1 aliphatic heterocycles. The number of carbonyl (C=O) groups excluding carboxylic acids is 1. The van der Waals surface area contributed by atoms with Crippen LogP contribution in [0.3, 0.4) is 0 Å². The number of benzene rings is 2. The number of hydrogen-bond acceptors (Lipinski definition) is 7. The Bertz CT molecular complexity index is 1690. The van der Waals surface area contributed by atoms with Gasteiger partial charge in [-0.05, 0) is 56.9 Å². The van der Waals surface area contributed by atoms with Gasteiger partial charge in [0.15, 0.2) is 17.2 Å². The maximum atomic E-state index is 15.1. The van der Waals surface area contributed by atoms with Crippen molar-refractivity contribution >= 4 is 34.0 Å². The molecule has 3 heterocycles. The monoisotopic (exact) mass is 529 g/mol. The molecule has 0 radical (unpaired) electrons. The van der Waals surface area contributed by atoms with Gasteiger partial charge in [0.25, 0.3) is 11.5 Å². The third kappa shape index (κ3) is 4.86. The summed E-state index contributed by atoms with van der Waals surface area (Å²) in [6, 6.07) is 11.6. The number of fused-ring (bicyclic) bond motifs is 2. The molecule has 0 unspecified atom stereocenters. The highest BCUT2D eigenvalue weighted by Crippen LogP contribution is 2.39. The van der Waals surface area contributed by atoms with E-state index in [2.05, 4.69) is 16.5 Å². The van der Waals surface area contributed by atoms with Gasteiger partial charge in [-0.2, -0.15) is 0 Å². The van der Waals surface area contributed by atoms with Crippen LogP contribution in [0.25, 0.3) is 16.7 Å². The van der Waals surface area contributed by atoms with Crippen molar-refractivity contribution in [1.29, 1.82) is 0 Å². The van der Waals surface area contributed by atoms with E-state index in [1.54, 1.807) is 17.0 Å². The lowest BCUT2D eigenvalue weighted by Gasteiger charge is -2.38. The second kappa shape index (κ2) is 10.7. The summed E-state index contributed by atoms with van der Waals surface area (Å²) in [5, 5.41) is 0.496. The van der Waals surface area contributed by atoms with Gasteiger partial charge >= 0.3 is 0 Å². The van der Waals surface area contributed by atoms with E-state index in [0.29, 0.717) is 48.7 Å². The van der Waals surface area contributed by atoms with Crippen LogP contribution >= 0.6 is 0 Å². The number of rotatable bonds is 7. The number of amides is 1. The van der Waals surface area contributed by atoms with E-state index in [0.717, 1.165) is 5.56 Å². The number of aryl methyl sites for hydroxylation is 1. The van der Waals surface area contributed by atoms with Crippen LogP contribution in [-0.2, 0) is 4.79 Å². The summed E-state index contributed by atoms with van der Waals surface area (Å²) >= 11 is 0. The fourth-order valence-electron chi connectivity index (χ4n) is 4.74. The average molecular weight is 530 g/mol. The largest absolute Gasteiger partial charge is 0.489 e. The zero-order chi connectivity index (χ0) is 28.6. The molecule has 0 aliphatic carbocycles. The first-order valence-corrected chi connectivity index (χ1v) is 12.5. The molecule has 5 rings (SSSR count). The van der Waals surface area contributed by atoms with Gasteiger partial charge in [-0.3, -0.25) is 14.2 Å². The minimum atomic E-state index is -0.626. The number of likely N-dealkylation sites (N-methyl/N-ethyl adjacent to an activating group) is 1. The molecule has 1 amide bonds. The minimum absolute atomic E-state index is 0.0716. The highest BCUT2D eigenvalue weighted by atomic mass is 19.1. The number of ether oxygens (including phenoxy) is 1. The predicted molar refractivity (Wildman–Crippen MR) is 150 cm³/mol. The van der Waals surface area contributed by atoms with Crippen LogP contribution in [0, 0.1) is 12.7 Å². The summed E-state index contributed by atoms with van der Waals surface area (Å²) in [5.41, 5.74) is 2.50. The van der Waals surface area contributed by atoms with E-state index < -0.39 is 11.4 Å². The highest BCUT2D eigenvalue weighted by molar-refractivity contribution is 6.05. The lowest BCUT2D eigenvalue weighted by Crippen LogP contribution is -2.43. The molecule has 4 aromatic rings. The van der Waals surface area contributed by atoms with Gasteiger partial charge in [-0.15, -0.1) is 0 Å². The summed E-state index contributed by atoms with van der Waals surface area (Å²) < 4.78 is 30.0.